The lowest BCUT2D eigenvalue weighted by atomic mass is 9.85. The highest BCUT2D eigenvalue weighted by Gasteiger charge is 2.23. The Morgan fingerprint density at radius 3 is 2.58 bits per heavy atom. The maximum atomic E-state index is 6.34. The summed E-state index contributed by atoms with van der Waals surface area (Å²) >= 11 is 6.34. The van der Waals surface area contributed by atoms with Gasteiger partial charge in [0.05, 0.1) is 5.52 Å². The Labute approximate surface area is 116 Å². The van der Waals surface area contributed by atoms with Crippen LogP contribution in [0.2, 0.25) is 5.15 Å². The van der Waals surface area contributed by atoms with Gasteiger partial charge < -0.3 is 0 Å². The van der Waals surface area contributed by atoms with Crippen molar-refractivity contribution in [3.63, 3.8) is 0 Å². The zero-order chi connectivity index (χ0) is 12.8. The number of halogens is 1. The van der Waals surface area contributed by atoms with E-state index in [1.54, 1.807) is 0 Å². The van der Waals surface area contributed by atoms with Crippen molar-refractivity contribution in [2.45, 2.75) is 25.2 Å². The number of hydrogen-bond donors (Lipinski definition) is 0. The molecule has 2 nitrogen and oxygen atoms in total. The van der Waals surface area contributed by atoms with Gasteiger partial charge in [0.25, 0.3) is 0 Å². The highest BCUT2D eigenvalue weighted by Crippen LogP contribution is 2.37. The van der Waals surface area contributed by atoms with Gasteiger partial charge in [0.1, 0.15) is 11.0 Å². The summed E-state index contributed by atoms with van der Waals surface area (Å²) in [6, 6.07) is 12.4. The zero-order valence-corrected chi connectivity index (χ0v) is 11.2. The smallest absolute Gasteiger partial charge is 0.140 e. The average Bonchev–Trinajstić information content (AvgIpc) is 2.36. The van der Waals surface area contributed by atoms with E-state index in [1.807, 2.05) is 18.2 Å². The van der Waals surface area contributed by atoms with Crippen LogP contribution in [-0.4, -0.2) is 9.97 Å². The van der Waals surface area contributed by atoms with Crippen molar-refractivity contribution < 1.29 is 0 Å². The second kappa shape index (κ2) is 4.17. The first-order chi connectivity index (χ1) is 9.33. The van der Waals surface area contributed by atoms with Crippen LogP contribution in [0.4, 0.5) is 0 Å². The van der Waals surface area contributed by atoms with Crippen LogP contribution in [-0.2, 0) is 0 Å². The van der Waals surface area contributed by atoms with Crippen molar-refractivity contribution in [1.82, 2.24) is 9.97 Å². The van der Waals surface area contributed by atoms with E-state index in [1.165, 1.54) is 24.6 Å². The molecule has 0 aliphatic heterocycles. The molecule has 1 heterocycles. The van der Waals surface area contributed by atoms with Gasteiger partial charge in [0, 0.05) is 16.7 Å². The third kappa shape index (κ3) is 1.71. The highest BCUT2D eigenvalue weighted by molar-refractivity contribution is 6.34. The molecule has 0 saturated heterocycles. The van der Waals surface area contributed by atoms with Crippen LogP contribution in [0.15, 0.2) is 36.4 Å². The molecule has 0 spiro atoms. The second-order valence-corrected chi connectivity index (χ2v) is 5.54. The quantitative estimate of drug-likeness (QED) is 0.472. The summed E-state index contributed by atoms with van der Waals surface area (Å²) in [5, 5.41) is 3.88. The lowest BCUT2D eigenvalue weighted by molar-refractivity contribution is 0.402. The molecule has 19 heavy (non-hydrogen) atoms. The summed E-state index contributed by atoms with van der Waals surface area (Å²) in [6.45, 7) is 0. The normalized spacial score (nSPS) is 15.8. The molecule has 0 atom stereocenters. The van der Waals surface area contributed by atoms with Crippen molar-refractivity contribution >= 4 is 33.3 Å². The van der Waals surface area contributed by atoms with Crippen LogP contribution in [0.25, 0.3) is 21.7 Å². The van der Waals surface area contributed by atoms with E-state index in [9.17, 15) is 0 Å². The molecule has 0 N–H and O–H groups in total. The maximum absolute atomic E-state index is 6.34. The summed E-state index contributed by atoms with van der Waals surface area (Å²) < 4.78 is 0. The van der Waals surface area contributed by atoms with Crippen LogP contribution in [0.3, 0.4) is 0 Å². The molecule has 1 saturated carbocycles. The largest absolute Gasteiger partial charge is 0.232 e. The molecule has 1 aliphatic rings. The van der Waals surface area contributed by atoms with Gasteiger partial charge in [0.15, 0.2) is 0 Å². The zero-order valence-electron chi connectivity index (χ0n) is 10.4. The Balaban J connectivity index is 2.07. The Bertz CT molecular complexity index is 778. The minimum absolute atomic E-state index is 0.501. The average molecular weight is 269 g/mol. The van der Waals surface area contributed by atoms with Gasteiger partial charge >= 0.3 is 0 Å². The minimum atomic E-state index is 0.501. The topological polar surface area (TPSA) is 25.8 Å². The van der Waals surface area contributed by atoms with E-state index >= 15 is 0 Å². The standard InChI is InChI=1S/C16H13ClN2/c17-15-13-9-8-10-4-1-2-7-12(10)14(13)18-16(19-15)11-5-3-6-11/h1-2,4,7-9,11H,3,5-6H2. The van der Waals surface area contributed by atoms with Crippen molar-refractivity contribution in [3.05, 3.63) is 47.4 Å². The Kier molecular flexibility index (Phi) is 2.46. The molecule has 0 unspecified atom stereocenters. The van der Waals surface area contributed by atoms with Crippen molar-refractivity contribution in [2.24, 2.45) is 0 Å². The van der Waals surface area contributed by atoms with Gasteiger partial charge in [-0.05, 0) is 24.3 Å². The summed E-state index contributed by atoms with van der Waals surface area (Å²) in [4.78, 5) is 9.28. The molecule has 94 valence electrons. The number of aromatic nitrogens is 2. The fourth-order valence-electron chi connectivity index (χ4n) is 2.69. The highest BCUT2D eigenvalue weighted by atomic mass is 35.5. The third-order valence-electron chi connectivity index (χ3n) is 4.03. The van der Waals surface area contributed by atoms with Crippen LogP contribution < -0.4 is 0 Å². The predicted molar refractivity (Wildman–Crippen MR) is 78.6 cm³/mol. The fraction of sp³-hybridized carbons (Fsp3) is 0.250. The molecular formula is C16H13ClN2. The number of rotatable bonds is 1. The molecule has 1 aliphatic carbocycles. The molecule has 3 heteroatoms. The number of fused-ring (bicyclic) bond motifs is 3. The van der Waals surface area contributed by atoms with Gasteiger partial charge in [-0.15, -0.1) is 0 Å². The molecule has 0 radical (unpaired) electrons. The Hall–Kier alpha value is -1.67. The van der Waals surface area contributed by atoms with Gasteiger partial charge in [-0.25, -0.2) is 9.97 Å². The SMILES string of the molecule is Clc1nc(C2CCC2)nc2c1ccc1ccccc12. The first kappa shape index (κ1) is 11.2. The first-order valence-corrected chi connectivity index (χ1v) is 7.05. The maximum Gasteiger partial charge on any atom is 0.140 e. The van der Waals surface area contributed by atoms with Gasteiger partial charge in [-0.2, -0.15) is 0 Å². The minimum Gasteiger partial charge on any atom is -0.232 e. The molecule has 0 bridgehead atoms. The van der Waals surface area contributed by atoms with E-state index in [2.05, 4.69) is 23.2 Å². The summed E-state index contributed by atoms with van der Waals surface area (Å²) in [6.07, 6.45) is 3.65. The number of benzene rings is 2. The monoisotopic (exact) mass is 268 g/mol. The number of hydrogen-bond acceptors (Lipinski definition) is 2. The Morgan fingerprint density at radius 2 is 1.79 bits per heavy atom. The van der Waals surface area contributed by atoms with E-state index in [0.717, 1.165) is 22.1 Å². The summed E-state index contributed by atoms with van der Waals surface area (Å²) in [5.41, 5.74) is 0.986. The van der Waals surface area contributed by atoms with Gasteiger partial charge in [-0.3, -0.25) is 0 Å². The predicted octanol–water partition coefficient (Wildman–Crippen LogP) is 4.70. The first-order valence-electron chi connectivity index (χ1n) is 6.68. The van der Waals surface area contributed by atoms with Crippen LogP contribution in [0.1, 0.15) is 31.0 Å². The lowest BCUT2D eigenvalue weighted by Crippen LogP contribution is -2.12. The molecule has 4 rings (SSSR count). The van der Waals surface area contributed by atoms with E-state index in [0.29, 0.717) is 11.1 Å². The van der Waals surface area contributed by atoms with Crippen molar-refractivity contribution in [2.75, 3.05) is 0 Å². The lowest BCUT2D eigenvalue weighted by Gasteiger charge is -2.24. The molecule has 1 fully saturated rings. The van der Waals surface area contributed by atoms with Gasteiger partial charge in [0.2, 0.25) is 0 Å². The van der Waals surface area contributed by atoms with E-state index in [-0.39, 0.29) is 0 Å². The number of nitrogens with zero attached hydrogens (tertiary/aromatic N) is 2. The fourth-order valence-corrected chi connectivity index (χ4v) is 2.93. The van der Waals surface area contributed by atoms with Crippen LogP contribution >= 0.6 is 11.6 Å². The van der Waals surface area contributed by atoms with Gasteiger partial charge in [-0.1, -0.05) is 48.4 Å². The van der Waals surface area contributed by atoms with Crippen LogP contribution in [0, 0.1) is 0 Å². The van der Waals surface area contributed by atoms with E-state index in [4.69, 9.17) is 16.6 Å². The molecule has 3 aromatic rings. The summed E-state index contributed by atoms with van der Waals surface area (Å²) in [5.74, 6) is 1.42. The van der Waals surface area contributed by atoms with Crippen molar-refractivity contribution in [3.8, 4) is 0 Å². The Morgan fingerprint density at radius 1 is 0.947 bits per heavy atom. The molecule has 1 aromatic heterocycles. The third-order valence-corrected chi connectivity index (χ3v) is 4.32. The molecule has 0 amide bonds. The molecular weight excluding hydrogens is 256 g/mol. The summed E-state index contributed by atoms with van der Waals surface area (Å²) in [7, 11) is 0. The second-order valence-electron chi connectivity index (χ2n) is 5.18. The van der Waals surface area contributed by atoms with Crippen LogP contribution in [0.5, 0.6) is 0 Å². The van der Waals surface area contributed by atoms with Crippen molar-refractivity contribution in [1.29, 1.82) is 0 Å². The molecule has 2 aromatic carbocycles. The van der Waals surface area contributed by atoms with E-state index < -0.39 is 0 Å².